The fourth-order valence-electron chi connectivity index (χ4n) is 5.71. The minimum absolute atomic E-state index is 0.00948. The number of rotatable bonds is 9. The van der Waals surface area contributed by atoms with E-state index in [1.807, 2.05) is 48.5 Å². The van der Waals surface area contributed by atoms with Crippen LogP contribution in [0.2, 0.25) is 0 Å². The summed E-state index contributed by atoms with van der Waals surface area (Å²) in [5.74, 6) is -1.35. The van der Waals surface area contributed by atoms with E-state index in [0.29, 0.717) is 13.2 Å². The number of carbonyl (C=O) groups is 3. The Kier molecular flexibility index (Phi) is 9.03. The molecule has 2 atom stereocenters. The van der Waals surface area contributed by atoms with Gasteiger partial charge in [0.15, 0.2) is 0 Å². The van der Waals surface area contributed by atoms with Crippen LogP contribution < -0.4 is 10.1 Å². The molecule has 216 valence electrons. The molecule has 0 aliphatic carbocycles. The predicted octanol–water partition coefficient (Wildman–Crippen LogP) is 4.97. The SMILES string of the molecule is COCCCCC1(CNC(=O)C2CC(C(=O)O)CN(C(=O)OC(C)(C)C)C2)c2ccccc2Oc2ccccc21. The molecule has 2 N–H and O–H groups in total. The van der Waals surface area contributed by atoms with E-state index in [0.717, 1.165) is 41.9 Å². The van der Waals surface area contributed by atoms with E-state index < -0.39 is 34.9 Å². The average Bonchev–Trinajstić information content (AvgIpc) is 2.92. The van der Waals surface area contributed by atoms with Gasteiger partial charge in [-0.05, 0) is 58.6 Å². The number of likely N-dealkylation sites (tertiary alicyclic amines) is 1. The highest BCUT2D eigenvalue weighted by Gasteiger charge is 2.43. The quantitative estimate of drug-likeness (QED) is 0.422. The van der Waals surface area contributed by atoms with E-state index in [4.69, 9.17) is 14.2 Å². The highest BCUT2D eigenvalue weighted by atomic mass is 16.6. The van der Waals surface area contributed by atoms with Gasteiger partial charge in [-0.2, -0.15) is 0 Å². The number of amides is 2. The van der Waals surface area contributed by atoms with Gasteiger partial charge in [-0.25, -0.2) is 4.79 Å². The van der Waals surface area contributed by atoms with Crippen molar-refractivity contribution in [2.75, 3.05) is 33.4 Å². The lowest BCUT2D eigenvalue weighted by Crippen LogP contribution is -2.53. The van der Waals surface area contributed by atoms with Gasteiger partial charge in [0.1, 0.15) is 17.1 Å². The zero-order valence-corrected chi connectivity index (χ0v) is 23.8. The molecular formula is C31H40N2O7. The lowest BCUT2D eigenvalue weighted by atomic mass is 9.69. The van der Waals surface area contributed by atoms with Gasteiger partial charge in [0.25, 0.3) is 0 Å². The van der Waals surface area contributed by atoms with Crippen LogP contribution in [0.1, 0.15) is 57.6 Å². The lowest BCUT2D eigenvalue weighted by molar-refractivity contribution is -0.145. The molecule has 0 radical (unpaired) electrons. The van der Waals surface area contributed by atoms with Gasteiger partial charge in [-0.3, -0.25) is 9.59 Å². The summed E-state index contributed by atoms with van der Waals surface area (Å²) in [7, 11) is 1.68. The number of para-hydroxylation sites is 2. The fraction of sp³-hybridized carbons (Fsp3) is 0.516. The standard InChI is InChI=1S/C31H40N2O7/c1-30(2,3)40-29(37)33-18-21(17-22(19-33)28(35)36)27(34)32-20-31(15-9-10-16-38-4)23-11-5-7-13-25(23)39-26-14-8-6-12-24(26)31/h5-8,11-14,21-22H,9-10,15-20H2,1-4H3,(H,32,34)(H,35,36). The Balaban J connectivity index is 1.60. The van der Waals surface area contributed by atoms with Crippen LogP contribution in [0.4, 0.5) is 4.79 Å². The van der Waals surface area contributed by atoms with Gasteiger partial charge in [0.05, 0.1) is 11.8 Å². The van der Waals surface area contributed by atoms with Crippen molar-refractivity contribution in [1.29, 1.82) is 0 Å². The molecule has 1 saturated heterocycles. The molecule has 2 unspecified atom stereocenters. The number of methoxy groups -OCH3 is 1. The molecule has 0 aromatic heterocycles. The van der Waals surface area contributed by atoms with Crippen LogP contribution in [0.3, 0.4) is 0 Å². The highest BCUT2D eigenvalue weighted by Crippen LogP contribution is 2.50. The summed E-state index contributed by atoms with van der Waals surface area (Å²) in [5, 5.41) is 12.9. The van der Waals surface area contributed by atoms with Crippen LogP contribution in [-0.4, -0.2) is 66.9 Å². The molecule has 2 amide bonds. The number of unbranched alkanes of at least 4 members (excludes halogenated alkanes) is 1. The molecule has 2 aliphatic heterocycles. The number of aliphatic carboxylic acids is 1. The molecule has 1 fully saturated rings. The molecule has 0 spiro atoms. The molecule has 9 heteroatoms. The van der Waals surface area contributed by atoms with Gasteiger partial charge < -0.3 is 29.5 Å². The van der Waals surface area contributed by atoms with Gasteiger partial charge >= 0.3 is 12.1 Å². The number of carboxylic acids is 1. The second kappa shape index (κ2) is 12.3. The first kappa shape index (κ1) is 29.4. The minimum atomic E-state index is -1.03. The molecule has 4 rings (SSSR count). The number of carboxylic acid groups (broad SMARTS) is 1. The first-order valence-corrected chi connectivity index (χ1v) is 13.9. The summed E-state index contributed by atoms with van der Waals surface area (Å²) in [6.45, 7) is 6.31. The zero-order chi connectivity index (χ0) is 28.9. The Morgan fingerprint density at radius 3 is 2.17 bits per heavy atom. The lowest BCUT2D eigenvalue weighted by Gasteiger charge is -2.41. The maximum absolute atomic E-state index is 13.7. The summed E-state index contributed by atoms with van der Waals surface area (Å²) in [6, 6.07) is 15.8. The van der Waals surface area contributed by atoms with Crippen molar-refractivity contribution in [1.82, 2.24) is 10.2 Å². The largest absolute Gasteiger partial charge is 0.481 e. The number of fused-ring (bicyclic) bond motifs is 2. The molecule has 9 nitrogen and oxygen atoms in total. The highest BCUT2D eigenvalue weighted by molar-refractivity contribution is 5.82. The van der Waals surface area contributed by atoms with Crippen LogP contribution in [0.15, 0.2) is 48.5 Å². The molecular weight excluding hydrogens is 512 g/mol. The summed E-state index contributed by atoms with van der Waals surface area (Å²) < 4.78 is 17.0. The molecule has 2 aliphatic rings. The van der Waals surface area contributed by atoms with E-state index in [9.17, 15) is 19.5 Å². The third kappa shape index (κ3) is 6.58. The summed E-state index contributed by atoms with van der Waals surface area (Å²) in [6.07, 6.45) is 2.02. The number of ether oxygens (including phenoxy) is 3. The Labute approximate surface area is 235 Å². The molecule has 2 aromatic carbocycles. The minimum Gasteiger partial charge on any atom is -0.481 e. The summed E-state index contributed by atoms with van der Waals surface area (Å²) in [4.78, 5) is 39.8. The van der Waals surface area contributed by atoms with Crippen molar-refractivity contribution in [2.45, 2.75) is 57.5 Å². The number of hydrogen-bond acceptors (Lipinski definition) is 6. The third-order valence-electron chi connectivity index (χ3n) is 7.61. The molecule has 0 bridgehead atoms. The van der Waals surface area contributed by atoms with Crippen LogP contribution in [-0.2, 0) is 24.5 Å². The normalized spacial score (nSPS) is 19.6. The van der Waals surface area contributed by atoms with Crippen LogP contribution >= 0.6 is 0 Å². The monoisotopic (exact) mass is 552 g/mol. The van der Waals surface area contributed by atoms with Crippen molar-refractivity contribution in [2.24, 2.45) is 11.8 Å². The van der Waals surface area contributed by atoms with Gasteiger partial charge in [-0.1, -0.05) is 36.4 Å². The van der Waals surface area contributed by atoms with Gasteiger partial charge in [0, 0.05) is 49.9 Å². The van der Waals surface area contributed by atoms with Gasteiger partial charge in [0.2, 0.25) is 5.91 Å². The Morgan fingerprint density at radius 2 is 1.60 bits per heavy atom. The average molecular weight is 553 g/mol. The van der Waals surface area contributed by atoms with E-state index >= 15 is 0 Å². The van der Waals surface area contributed by atoms with Crippen LogP contribution in [0.25, 0.3) is 0 Å². The number of nitrogens with zero attached hydrogens (tertiary/aromatic N) is 1. The van der Waals surface area contributed by atoms with Crippen LogP contribution in [0.5, 0.6) is 11.5 Å². The van der Waals surface area contributed by atoms with Crippen molar-refractivity contribution in [3.05, 3.63) is 59.7 Å². The maximum atomic E-state index is 13.7. The first-order chi connectivity index (χ1) is 19.0. The van der Waals surface area contributed by atoms with Crippen molar-refractivity contribution in [3.8, 4) is 11.5 Å². The number of nitrogens with one attached hydrogen (secondary N) is 1. The number of carbonyl (C=O) groups excluding carboxylic acids is 2. The Bertz CT molecular complexity index is 1180. The fourth-order valence-corrected chi connectivity index (χ4v) is 5.71. The maximum Gasteiger partial charge on any atom is 0.410 e. The molecule has 2 aromatic rings. The number of hydrogen-bond donors (Lipinski definition) is 2. The topological polar surface area (TPSA) is 114 Å². The van der Waals surface area contributed by atoms with E-state index in [1.165, 1.54) is 4.90 Å². The molecule has 0 saturated carbocycles. The Morgan fingerprint density at radius 1 is 1.00 bits per heavy atom. The molecule has 40 heavy (non-hydrogen) atoms. The second-order valence-corrected chi connectivity index (χ2v) is 11.7. The first-order valence-electron chi connectivity index (χ1n) is 13.9. The molecule has 2 heterocycles. The number of benzene rings is 2. The van der Waals surface area contributed by atoms with Crippen LogP contribution in [0, 0.1) is 11.8 Å². The third-order valence-corrected chi connectivity index (χ3v) is 7.61. The summed E-state index contributed by atoms with van der Waals surface area (Å²) in [5.41, 5.74) is 0.702. The van der Waals surface area contributed by atoms with Crippen molar-refractivity contribution < 1.29 is 33.7 Å². The zero-order valence-electron chi connectivity index (χ0n) is 23.8. The van der Waals surface area contributed by atoms with Crippen molar-refractivity contribution in [3.63, 3.8) is 0 Å². The predicted molar refractivity (Wildman–Crippen MR) is 150 cm³/mol. The van der Waals surface area contributed by atoms with E-state index in [1.54, 1.807) is 27.9 Å². The van der Waals surface area contributed by atoms with E-state index in [2.05, 4.69) is 5.32 Å². The van der Waals surface area contributed by atoms with E-state index in [-0.39, 0.29) is 25.4 Å². The second-order valence-electron chi connectivity index (χ2n) is 11.7. The Hall–Kier alpha value is -3.59. The van der Waals surface area contributed by atoms with Crippen molar-refractivity contribution >= 4 is 18.0 Å². The van der Waals surface area contributed by atoms with Gasteiger partial charge in [-0.15, -0.1) is 0 Å². The summed E-state index contributed by atoms with van der Waals surface area (Å²) >= 11 is 0. The smallest absolute Gasteiger partial charge is 0.410 e. The number of piperidine rings is 1.